The Morgan fingerprint density at radius 1 is 1.17 bits per heavy atom. The van der Waals surface area contributed by atoms with E-state index < -0.39 is 11.7 Å². The molecular formula is C17H31N3O2S. The second-order valence-corrected chi connectivity index (χ2v) is 9.61. The molecule has 0 aliphatic heterocycles. The Balaban J connectivity index is 2.44. The van der Waals surface area contributed by atoms with Crippen LogP contribution in [-0.4, -0.2) is 28.8 Å². The molecule has 0 radical (unpaired) electrons. The van der Waals surface area contributed by atoms with Crippen LogP contribution in [-0.2, 0) is 16.7 Å². The first kappa shape index (κ1) is 19.9. The van der Waals surface area contributed by atoms with Gasteiger partial charge in [0.05, 0.1) is 10.5 Å². The van der Waals surface area contributed by atoms with Gasteiger partial charge in [-0.2, -0.15) is 0 Å². The highest BCUT2D eigenvalue weighted by Gasteiger charge is 2.24. The van der Waals surface area contributed by atoms with Crippen LogP contribution in [0.1, 0.15) is 65.3 Å². The Morgan fingerprint density at radius 2 is 1.78 bits per heavy atom. The van der Waals surface area contributed by atoms with Gasteiger partial charge >= 0.3 is 6.09 Å². The van der Waals surface area contributed by atoms with E-state index >= 15 is 0 Å². The molecule has 0 saturated heterocycles. The quantitative estimate of drug-likeness (QED) is 0.854. The molecule has 132 valence electrons. The fraction of sp³-hybridized carbons (Fsp3) is 0.765. The number of hydrogen-bond donors (Lipinski definition) is 2. The summed E-state index contributed by atoms with van der Waals surface area (Å²) in [4.78, 5) is 17.5. The van der Waals surface area contributed by atoms with Crippen LogP contribution in [0.5, 0.6) is 0 Å². The summed E-state index contributed by atoms with van der Waals surface area (Å²) in [5.41, 5.74) is -0.792. The van der Waals surface area contributed by atoms with Crippen molar-refractivity contribution < 1.29 is 9.53 Å². The predicted molar refractivity (Wildman–Crippen MR) is 96.0 cm³/mol. The molecule has 0 atom stereocenters. The second kappa shape index (κ2) is 7.18. The first-order chi connectivity index (χ1) is 10.3. The zero-order chi connectivity index (χ0) is 17.9. The number of carbonyl (C=O) groups excluding carboxylic acids is 1. The first-order valence-corrected chi connectivity index (χ1v) is 8.77. The third kappa shape index (κ3) is 7.79. The smallest absolute Gasteiger partial charge is 0.408 e. The Kier molecular flexibility index (Phi) is 6.21. The average Bonchev–Trinajstić information content (AvgIpc) is 2.72. The van der Waals surface area contributed by atoms with E-state index in [1.807, 2.05) is 40.8 Å². The maximum atomic E-state index is 11.9. The highest BCUT2D eigenvalue weighted by molar-refractivity contribution is 7.11. The Labute approximate surface area is 144 Å². The lowest BCUT2D eigenvalue weighted by atomic mass is 9.98. The number of aromatic nitrogens is 1. The van der Waals surface area contributed by atoms with Crippen molar-refractivity contribution in [3.8, 4) is 0 Å². The molecule has 0 bridgehead atoms. The molecule has 1 aromatic heterocycles. The van der Waals surface area contributed by atoms with Crippen LogP contribution in [0.15, 0.2) is 6.20 Å². The summed E-state index contributed by atoms with van der Waals surface area (Å²) in [5.74, 6) is 0. The molecule has 0 fully saturated rings. The molecule has 5 nitrogen and oxygen atoms in total. The van der Waals surface area contributed by atoms with Gasteiger partial charge in [-0.25, -0.2) is 9.78 Å². The Hall–Kier alpha value is -1.14. The fourth-order valence-corrected chi connectivity index (χ4v) is 2.80. The summed E-state index contributed by atoms with van der Waals surface area (Å²) in [6, 6.07) is 0. The number of nitrogens with one attached hydrogen (secondary N) is 2. The van der Waals surface area contributed by atoms with Gasteiger partial charge < -0.3 is 15.4 Å². The zero-order valence-corrected chi connectivity index (χ0v) is 16.5. The topological polar surface area (TPSA) is 63.2 Å². The molecule has 23 heavy (non-hydrogen) atoms. The molecule has 1 amide bonds. The molecule has 1 aromatic rings. The standard InChI is InChI=1S/C17H31N3O2S/c1-15(2,3)13-19-10-12(23-13)9-18-11-17(7,8)20-14(21)22-16(4,5)6/h10,18H,9,11H2,1-8H3,(H,20,21). The number of rotatable bonds is 5. The van der Waals surface area contributed by atoms with Crippen molar-refractivity contribution in [3.63, 3.8) is 0 Å². The molecule has 0 aliphatic rings. The molecular weight excluding hydrogens is 310 g/mol. The third-order valence-corrected chi connectivity index (χ3v) is 4.32. The summed E-state index contributed by atoms with van der Waals surface area (Å²) in [6.07, 6.45) is 1.53. The molecule has 1 heterocycles. The predicted octanol–water partition coefficient (Wildman–Crippen LogP) is 3.83. The minimum Gasteiger partial charge on any atom is -0.444 e. The number of amides is 1. The molecule has 0 saturated carbocycles. The van der Waals surface area contributed by atoms with Crippen molar-refractivity contribution in [1.29, 1.82) is 0 Å². The number of thiazole rings is 1. The summed E-state index contributed by atoms with van der Waals surface area (Å²) in [7, 11) is 0. The lowest BCUT2D eigenvalue weighted by Crippen LogP contribution is -2.51. The van der Waals surface area contributed by atoms with Crippen LogP contribution in [0.25, 0.3) is 0 Å². The normalized spacial score (nSPS) is 13.0. The van der Waals surface area contributed by atoms with E-state index in [1.54, 1.807) is 11.3 Å². The minimum atomic E-state index is -0.487. The van der Waals surface area contributed by atoms with E-state index in [4.69, 9.17) is 4.74 Å². The van der Waals surface area contributed by atoms with Crippen LogP contribution in [0.3, 0.4) is 0 Å². The number of hydrogen-bond acceptors (Lipinski definition) is 5. The van der Waals surface area contributed by atoms with Gasteiger partial charge in [-0.15, -0.1) is 11.3 Å². The maximum Gasteiger partial charge on any atom is 0.408 e. The SMILES string of the molecule is CC(C)(CNCc1cnc(C(C)(C)C)s1)NC(=O)OC(C)(C)C. The van der Waals surface area contributed by atoms with E-state index in [9.17, 15) is 4.79 Å². The van der Waals surface area contributed by atoms with Crippen molar-refractivity contribution >= 4 is 17.4 Å². The van der Waals surface area contributed by atoms with Gasteiger partial charge in [-0.05, 0) is 34.6 Å². The average molecular weight is 342 g/mol. The van der Waals surface area contributed by atoms with Crippen LogP contribution in [0, 0.1) is 0 Å². The maximum absolute atomic E-state index is 11.9. The largest absolute Gasteiger partial charge is 0.444 e. The zero-order valence-electron chi connectivity index (χ0n) is 15.7. The van der Waals surface area contributed by atoms with E-state index in [-0.39, 0.29) is 11.0 Å². The third-order valence-electron chi connectivity index (χ3n) is 2.90. The van der Waals surface area contributed by atoms with Gasteiger partial charge in [-0.1, -0.05) is 20.8 Å². The lowest BCUT2D eigenvalue weighted by molar-refractivity contribution is 0.0472. The van der Waals surface area contributed by atoms with Crippen LogP contribution < -0.4 is 10.6 Å². The molecule has 0 aromatic carbocycles. The van der Waals surface area contributed by atoms with Crippen molar-refractivity contribution in [2.24, 2.45) is 0 Å². The highest BCUT2D eigenvalue weighted by Crippen LogP contribution is 2.26. The monoisotopic (exact) mass is 341 g/mol. The van der Waals surface area contributed by atoms with E-state index in [2.05, 4.69) is 36.4 Å². The van der Waals surface area contributed by atoms with Crippen LogP contribution in [0.4, 0.5) is 4.79 Å². The summed E-state index contributed by atoms with van der Waals surface area (Å²) in [6.45, 7) is 17.4. The number of carbonyl (C=O) groups is 1. The Bertz CT molecular complexity index is 525. The molecule has 2 N–H and O–H groups in total. The Morgan fingerprint density at radius 3 is 2.26 bits per heavy atom. The number of nitrogens with zero attached hydrogens (tertiary/aromatic N) is 1. The summed E-state index contributed by atoms with van der Waals surface area (Å²) in [5, 5.41) is 7.41. The van der Waals surface area contributed by atoms with Crippen molar-refractivity contribution in [2.75, 3.05) is 6.54 Å². The number of alkyl carbamates (subject to hydrolysis) is 1. The molecule has 6 heteroatoms. The fourth-order valence-electron chi connectivity index (χ4n) is 1.86. The molecule has 0 spiro atoms. The first-order valence-electron chi connectivity index (χ1n) is 7.96. The van der Waals surface area contributed by atoms with E-state index in [0.717, 1.165) is 11.6 Å². The van der Waals surface area contributed by atoms with Gasteiger partial charge in [0.1, 0.15) is 5.60 Å². The van der Waals surface area contributed by atoms with Crippen molar-refractivity contribution in [2.45, 2.75) is 78.5 Å². The van der Waals surface area contributed by atoms with E-state index in [1.165, 1.54) is 4.88 Å². The molecule has 0 unspecified atom stereocenters. The molecule has 0 aliphatic carbocycles. The summed E-state index contributed by atoms with van der Waals surface area (Å²) >= 11 is 1.73. The number of ether oxygens (including phenoxy) is 1. The van der Waals surface area contributed by atoms with Gasteiger partial charge in [0.2, 0.25) is 0 Å². The summed E-state index contributed by atoms with van der Waals surface area (Å²) < 4.78 is 5.29. The van der Waals surface area contributed by atoms with Crippen molar-refractivity contribution in [3.05, 3.63) is 16.1 Å². The highest BCUT2D eigenvalue weighted by atomic mass is 32.1. The van der Waals surface area contributed by atoms with E-state index in [0.29, 0.717) is 6.54 Å². The van der Waals surface area contributed by atoms with Crippen molar-refractivity contribution in [1.82, 2.24) is 15.6 Å². The van der Waals surface area contributed by atoms with Gasteiger partial charge in [0.25, 0.3) is 0 Å². The second-order valence-electron chi connectivity index (χ2n) is 8.50. The molecule has 1 rings (SSSR count). The van der Waals surface area contributed by atoms with Crippen LogP contribution in [0.2, 0.25) is 0 Å². The minimum absolute atomic E-state index is 0.0838. The van der Waals surface area contributed by atoms with Crippen LogP contribution >= 0.6 is 11.3 Å². The van der Waals surface area contributed by atoms with Gasteiger partial charge in [0.15, 0.2) is 0 Å². The van der Waals surface area contributed by atoms with Gasteiger partial charge in [-0.3, -0.25) is 0 Å². The van der Waals surface area contributed by atoms with Gasteiger partial charge in [0, 0.05) is 29.6 Å². The lowest BCUT2D eigenvalue weighted by Gasteiger charge is -2.28.